The van der Waals surface area contributed by atoms with Crippen LogP contribution in [0.5, 0.6) is 0 Å². The quantitative estimate of drug-likeness (QED) is 0.730. The van der Waals surface area contributed by atoms with Crippen molar-refractivity contribution in [1.82, 2.24) is 5.32 Å². The molecule has 0 spiro atoms. The highest BCUT2D eigenvalue weighted by Crippen LogP contribution is 2.22. The minimum absolute atomic E-state index is 0.405. The number of nitrogens with one attached hydrogen (secondary N) is 1. The SMILES string of the molecule is CCNC1CCCCCC1S(=O)CC. The molecule has 14 heavy (non-hydrogen) atoms. The fourth-order valence-electron chi connectivity index (χ4n) is 2.30. The van der Waals surface area contributed by atoms with Crippen LogP contribution in [0.1, 0.15) is 46.0 Å². The number of rotatable bonds is 4. The molecule has 0 radical (unpaired) electrons. The summed E-state index contributed by atoms with van der Waals surface area (Å²) in [5.41, 5.74) is 0. The van der Waals surface area contributed by atoms with E-state index >= 15 is 0 Å². The van der Waals surface area contributed by atoms with Crippen molar-refractivity contribution in [3.8, 4) is 0 Å². The van der Waals surface area contributed by atoms with Gasteiger partial charge in [-0.3, -0.25) is 4.21 Å². The Morgan fingerprint density at radius 3 is 2.57 bits per heavy atom. The van der Waals surface area contributed by atoms with Crippen LogP contribution in [0, 0.1) is 0 Å². The molecular weight excluding hydrogens is 194 g/mol. The predicted molar refractivity (Wildman–Crippen MR) is 63.0 cm³/mol. The van der Waals surface area contributed by atoms with Gasteiger partial charge in [0.05, 0.1) is 5.25 Å². The van der Waals surface area contributed by atoms with Crippen molar-refractivity contribution in [3.05, 3.63) is 0 Å². The monoisotopic (exact) mass is 217 g/mol. The summed E-state index contributed by atoms with van der Waals surface area (Å²) in [6.07, 6.45) is 6.25. The van der Waals surface area contributed by atoms with Gasteiger partial charge >= 0.3 is 0 Å². The van der Waals surface area contributed by atoms with Crippen LogP contribution < -0.4 is 5.32 Å². The molecule has 0 aliphatic heterocycles. The van der Waals surface area contributed by atoms with Gasteiger partial charge in [-0.15, -0.1) is 0 Å². The van der Waals surface area contributed by atoms with Crippen molar-refractivity contribution >= 4 is 10.8 Å². The summed E-state index contributed by atoms with van der Waals surface area (Å²) in [6.45, 7) is 5.17. The fraction of sp³-hybridized carbons (Fsp3) is 1.00. The van der Waals surface area contributed by atoms with E-state index in [1.54, 1.807) is 0 Å². The van der Waals surface area contributed by atoms with Gasteiger partial charge in [0, 0.05) is 22.6 Å². The van der Waals surface area contributed by atoms with Gasteiger partial charge < -0.3 is 5.32 Å². The molecule has 1 aliphatic rings. The van der Waals surface area contributed by atoms with Gasteiger partial charge in [-0.1, -0.05) is 33.1 Å². The molecule has 0 aromatic heterocycles. The van der Waals surface area contributed by atoms with Crippen molar-refractivity contribution in [2.24, 2.45) is 0 Å². The third-order valence-corrected chi connectivity index (χ3v) is 4.85. The zero-order valence-electron chi connectivity index (χ0n) is 9.42. The number of hydrogen-bond acceptors (Lipinski definition) is 2. The smallest absolute Gasteiger partial charge is 0.0501 e. The second-order valence-corrected chi connectivity index (χ2v) is 5.95. The van der Waals surface area contributed by atoms with Gasteiger partial charge in [-0.2, -0.15) is 0 Å². The van der Waals surface area contributed by atoms with Gasteiger partial charge in [0.1, 0.15) is 0 Å². The minimum Gasteiger partial charge on any atom is -0.313 e. The third kappa shape index (κ3) is 3.35. The largest absolute Gasteiger partial charge is 0.313 e. The summed E-state index contributed by atoms with van der Waals surface area (Å²) in [6, 6.07) is 0.503. The van der Waals surface area contributed by atoms with Crippen molar-refractivity contribution in [2.45, 2.75) is 57.2 Å². The minimum atomic E-state index is -0.619. The van der Waals surface area contributed by atoms with Crippen molar-refractivity contribution in [1.29, 1.82) is 0 Å². The van der Waals surface area contributed by atoms with Gasteiger partial charge in [0.15, 0.2) is 0 Å². The van der Waals surface area contributed by atoms with E-state index in [0.717, 1.165) is 18.7 Å². The van der Waals surface area contributed by atoms with Gasteiger partial charge in [0.25, 0.3) is 0 Å². The van der Waals surface area contributed by atoms with E-state index < -0.39 is 10.8 Å². The van der Waals surface area contributed by atoms with Gasteiger partial charge in [-0.25, -0.2) is 0 Å². The second-order valence-electron chi connectivity index (χ2n) is 4.01. The normalized spacial score (nSPS) is 31.0. The molecule has 1 aliphatic carbocycles. The topological polar surface area (TPSA) is 29.1 Å². The number of hydrogen-bond donors (Lipinski definition) is 1. The lowest BCUT2D eigenvalue weighted by Gasteiger charge is -2.24. The predicted octanol–water partition coefficient (Wildman–Crippen LogP) is 2.07. The molecule has 84 valence electrons. The summed E-state index contributed by atoms with van der Waals surface area (Å²) in [5, 5.41) is 3.90. The summed E-state index contributed by atoms with van der Waals surface area (Å²) >= 11 is 0. The molecule has 3 unspecified atom stereocenters. The standard InChI is InChI=1S/C11H23NOS/c1-3-12-10-8-6-5-7-9-11(10)14(13)4-2/h10-12H,3-9H2,1-2H3. The van der Waals surface area contributed by atoms with E-state index in [9.17, 15) is 4.21 Å². The lowest BCUT2D eigenvalue weighted by molar-refractivity contribution is 0.474. The molecule has 0 saturated heterocycles. The Morgan fingerprint density at radius 2 is 1.93 bits per heavy atom. The van der Waals surface area contributed by atoms with Crippen LogP contribution in [0.25, 0.3) is 0 Å². The van der Waals surface area contributed by atoms with E-state index in [1.165, 1.54) is 25.7 Å². The molecule has 1 rings (SSSR count). The average molecular weight is 217 g/mol. The average Bonchev–Trinajstić information content (AvgIpc) is 2.43. The first-order valence-electron chi connectivity index (χ1n) is 5.90. The van der Waals surface area contributed by atoms with Crippen LogP contribution in [0.2, 0.25) is 0 Å². The Hall–Kier alpha value is 0.110. The molecule has 0 aromatic rings. The Labute approximate surface area is 90.3 Å². The first-order valence-corrected chi connectivity index (χ1v) is 7.28. The maximum Gasteiger partial charge on any atom is 0.0501 e. The zero-order valence-corrected chi connectivity index (χ0v) is 10.2. The Kier molecular flexibility index (Phi) is 5.71. The van der Waals surface area contributed by atoms with Crippen LogP contribution >= 0.6 is 0 Å². The third-order valence-electron chi connectivity index (χ3n) is 3.04. The Morgan fingerprint density at radius 1 is 1.21 bits per heavy atom. The maximum atomic E-state index is 11.9. The summed E-state index contributed by atoms with van der Waals surface area (Å²) < 4.78 is 11.9. The van der Waals surface area contributed by atoms with Crippen molar-refractivity contribution in [3.63, 3.8) is 0 Å². The molecular formula is C11H23NOS. The van der Waals surface area contributed by atoms with Crippen LogP contribution in [0.15, 0.2) is 0 Å². The first-order chi connectivity index (χ1) is 6.79. The second kappa shape index (κ2) is 6.57. The van der Waals surface area contributed by atoms with E-state index in [-0.39, 0.29) is 0 Å². The van der Waals surface area contributed by atoms with E-state index in [2.05, 4.69) is 12.2 Å². The Balaban J connectivity index is 2.58. The molecule has 3 atom stereocenters. The summed E-state index contributed by atoms with van der Waals surface area (Å²) in [5.74, 6) is 0.812. The lowest BCUT2D eigenvalue weighted by atomic mass is 10.1. The van der Waals surface area contributed by atoms with Crippen LogP contribution in [0.3, 0.4) is 0 Å². The fourth-order valence-corrected chi connectivity index (χ4v) is 3.75. The molecule has 1 saturated carbocycles. The molecule has 0 bridgehead atoms. The van der Waals surface area contributed by atoms with E-state index in [0.29, 0.717) is 11.3 Å². The Bertz CT molecular complexity index is 184. The van der Waals surface area contributed by atoms with Crippen LogP contribution in [-0.4, -0.2) is 27.8 Å². The molecule has 0 heterocycles. The molecule has 0 aromatic carbocycles. The molecule has 3 heteroatoms. The van der Waals surface area contributed by atoms with Crippen molar-refractivity contribution < 1.29 is 4.21 Å². The highest BCUT2D eigenvalue weighted by Gasteiger charge is 2.26. The maximum absolute atomic E-state index is 11.9. The highest BCUT2D eigenvalue weighted by molar-refractivity contribution is 7.85. The van der Waals surface area contributed by atoms with Crippen LogP contribution in [-0.2, 0) is 10.8 Å². The lowest BCUT2D eigenvalue weighted by Crippen LogP contribution is -2.41. The van der Waals surface area contributed by atoms with Gasteiger partial charge in [0.2, 0.25) is 0 Å². The van der Waals surface area contributed by atoms with Crippen molar-refractivity contribution in [2.75, 3.05) is 12.3 Å². The molecule has 0 amide bonds. The highest BCUT2D eigenvalue weighted by atomic mass is 32.2. The van der Waals surface area contributed by atoms with Gasteiger partial charge in [-0.05, 0) is 19.4 Å². The van der Waals surface area contributed by atoms with E-state index in [1.807, 2.05) is 6.92 Å². The summed E-state index contributed by atoms with van der Waals surface area (Å²) in [7, 11) is -0.619. The van der Waals surface area contributed by atoms with Crippen LogP contribution in [0.4, 0.5) is 0 Å². The molecule has 1 N–H and O–H groups in total. The zero-order chi connectivity index (χ0) is 10.4. The van der Waals surface area contributed by atoms with E-state index in [4.69, 9.17) is 0 Å². The summed E-state index contributed by atoms with van der Waals surface area (Å²) in [4.78, 5) is 0. The molecule has 1 fully saturated rings. The first kappa shape index (κ1) is 12.2. The molecule has 2 nitrogen and oxygen atoms in total.